The fourth-order valence-corrected chi connectivity index (χ4v) is 2.92. The lowest BCUT2D eigenvalue weighted by molar-refractivity contribution is -0.138. The van der Waals surface area contributed by atoms with Crippen LogP contribution in [0, 0.1) is 5.82 Å². The normalized spacial score (nSPS) is 14.4. The molecular weight excluding hydrogens is 419 g/mol. The van der Waals surface area contributed by atoms with E-state index in [2.05, 4.69) is 26.3 Å². The van der Waals surface area contributed by atoms with E-state index in [4.69, 9.17) is 0 Å². The van der Waals surface area contributed by atoms with Gasteiger partial charge in [0.05, 0.1) is 10.7 Å². The van der Waals surface area contributed by atoms with E-state index in [0.29, 0.717) is 11.3 Å². The van der Waals surface area contributed by atoms with Gasteiger partial charge in [-0.25, -0.2) is 9.07 Å². The first-order valence-electron chi connectivity index (χ1n) is 8.23. The number of amides is 3. The first-order valence-corrected chi connectivity index (χ1v) is 9.02. The van der Waals surface area contributed by atoms with Gasteiger partial charge in [0.1, 0.15) is 11.5 Å². The van der Waals surface area contributed by atoms with E-state index in [1.165, 1.54) is 22.9 Å². The zero-order valence-corrected chi connectivity index (χ0v) is 15.8. The van der Waals surface area contributed by atoms with Crippen molar-refractivity contribution < 1.29 is 18.8 Å². The number of nitrogens with one attached hydrogen (secondary N) is 1. The minimum Gasteiger partial charge on any atom is -0.351 e. The largest absolute Gasteiger partial charge is 0.351 e. The van der Waals surface area contributed by atoms with Crippen LogP contribution in [0.3, 0.4) is 0 Å². The lowest BCUT2D eigenvalue weighted by atomic mass is 10.2. The molecule has 140 valence electrons. The topological polar surface area (TPSA) is 84.3 Å². The standard InChI is InChI=1S/C18H16BrFN4O3/c19-13-10-22-24(11-13)15-3-1-12(9-14(15)20)2-4-16(25)21-7-8-23-17(26)5-6-18(23)27/h1-4,9-11H,5-8H2,(H,21,25)/b4-2+. The molecule has 2 aromatic rings. The lowest BCUT2D eigenvalue weighted by Crippen LogP contribution is -2.37. The van der Waals surface area contributed by atoms with Crippen LogP contribution in [0.25, 0.3) is 11.8 Å². The highest BCUT2D eigenvalue weighted by molar-refractivity contribution is 9.10. The van der Waals surface area contributed by atoms with Crippen molar-refractivity contribution in [3.8, 4) is 5.69 Å². The monoisotopic (exact) mass is 434 g/mol. The van der Waals surface area contributed by atoms with Crippen LogP contribution in [0.4, 0.5) is 4.39 Å². The molecule has 0 atom stereocenters. The molecule has 0 spiro atoms. The van der Waals surface area contributed by atoms with E-state index in [1.54, 1.807) is 24.5 Å². The van der Waals surface area contributed by atoms with Crippen molar-refractivity contribution in [3.05, 3.63) is 52.5 Å². The second-order valence-corrected chi connectivity index (χ2v) is 6.79. The summed E-state index contributed by atoms with van der Waals surface area (Å²) < 4.78 is 16.4. The molecule has 0 unspecified atom stereocenters. The Hall–Kier alpha value is -2.81. The van der Waals surface area contributed by atoms with Crippen LogP contribution in [0.2, 0.25) is 0 Å². The van der Waals surface area contributed by atoms with Crippen molar-refractivity contribution in [3.63, 3.8) is 0 Å². The Kier molecular flexibility index (Phi) is 5.80. The van der Waals surface area contributed by atoms with Crippen molar-refractivity contribution in [2.24, 2.45) is 0 Å². The maximum absolute atomic E-state index is 14.2. The van der Waals surface area contributed by atoms with Crippen molar-refractivity contribution in [2.75, 3.05) is 13.1 Å². The highest BCUT2D eigenvalue weighted by Crippen LogP contribution is 2.18. The molecule has 1 aromatic carbocycles. The van der Waals surface area contributed by atoms with Crippen LogP contribution >= 0.6 is 15.9 Å². The number of carbonyl (C=O) groups is 3. The van der Waals surface area contributed by atoms with Gasteiger partial charge in [0, 0.05) is 38.2 Å². The second-order valence-electron chi connectivity index (χ2n) is 5.88. The van der Waals surface area contributed by atoms with Crippen LogP contribution in [-0.2, 0) is 14.4 Å². The van der Waals surface area contributed by atoms with Crippen LogP contribution in [0.1, 0.15) is 18.4 Å². The Bertz CT molecular complexity index is 909. The molecule has 0 saturated carbocycles. The van der Waals surface area contributed by atoms with Crippen LogP contribution in [0.15, 0.2) is 41.1 Å². The van der Waals surface area contributed by atoms with Crippen LogP contribution in [0.5, 0.6) is 0 Å². The molecule has 27 heavy (non-hydrogen) atoms. The van der Waals surface area contributed by atoms with Gasteiger partial charge in [0.25, 0.3) is 0 Å². The third-order valence-corrected chi connectivity index (χ3v) is 4.40. The molecule has 1 aliphatic heterocycles. The Morgan fingerprint density at radius 3 is 2.67 bits per heavy atom. The molecule has 1 fully saturated rings. The molecule has 3 rings (SSSR count). The van der Waals surface area contributed by atoms with Crippen molar-refractivity contribution in [1.29, 1.82) is 0 Å². The average Bonchev–Trinajstić information content (AvgIpc) is 3.20. The van der Waals surface area contributed by atoms with Gasteiger partial charge >= 0.3 is 0 Å². The first-order chi connectivity index (χ1) is 12.9. The van der Waals surface area contributed by atoms with Gasteiger partial charge in [-0.2, -0.15) is 5.10 Å². The van der Waals surface area contributed by atoms with E-state index in [9.17, 15) is 18.8 Å². The number of nitrogens with zero attached hydrogens (tertiary/aromatic N) is 3. The van der Waals surface area contributed by atoms with E-state index in [1.807, 2.05) is 0 Å². The minimum atomic E-state index is -0.473. The Balaban J connectivity index is 1.54. The van der Waals surface area contributed by atoms with Gasteiger partial charge in [-0.15, -0.1) is 0 Å². The number of benzene rings is 1. The van der Waals surface area contributed by atoms with Gasteiger partial charge in [-0.3, -0.25) is 19.3 Å². The van der Waals surface area contributed by atoms with Gasteiger partial charge < -0.3 is 5.32 Å². The summed E-state index contributed by atoms with van der Waals surface area (Å²) >= 11 is 3.26. The van der Waals surface area contributed by atoms with Gasteiger partial charge in [-0.05, 0) is 39.7 Å². The summed E-state index contributed by atoms with van der Waals surface area (Å²) in [7, 11) is 0. The third kappa shape index (κ3) is 4.68. The molecule has 0 radical (unpaired) electrons. The third-order valence-electron chi connectivity index (χ3n) is 3.99. The van der Waals surface area contributed by atoms with Crippen LogP contribution < -0.4 is 5.32 Å². The maximum atomic E-state index is 14.2. The fraction of sp³-hybridized carbons (Fsp3) is 0.222. The lowest BCUT2D eigenvalue weighted by Gasteiger charge is -2.13. The maximum Gasteiger partial charge on any atom is 0.244 e. The fourth-order valence-electron chi connectivity index (χ4n) is 2.64. The van der Waals surface area contributed by atoms with E-state index < -0.39 is 11.7 Å². The molecule has 1 aromatic heterocycles. The number of halogens is 2. The van der Waals surface area contributed by atoms with Gasteiger partial charge in [0.2, 0.25) is 17.7 Å². The summed E-state index contributed by atoms with van der Waals surface area (Å²) in [4.78, 5) is 35.9. The molecule has 3 amide bonds. The molecule has 2 heterocycles. The molecule has 0 aliphatic carbocycles. The summed E-state index contributed by atoms with van der Waals surface area (Å²) in [6, 6.07) is 4.53. The summed E-state index contributed by atoms with van der Waals surface area (Å²) in [5.74, 6) is -1.30. The summed E-state index contributed by atoms with van der Waals surface area (Å²) in [6.45, 7) is 0.322. The number of hydrogen-bond donors (Lipinski definition) is 1. The first kappa shape index (κ1) is 19.0. The van der Waals surface area contributed by atoms with E-state index in [0.717, 1.165) is 9.37 Å². The predicted octanol–water partition coefficient (Wildman–Crippen LogP) is 2.05. The minimum absolute atomic E-state index is 0.153. The molecule has 9 heteroatoms. The molecule has 1 aliphatic rings. The van der Waals surface area contributed by atoms with Gasteiger partial charge in [0.15, 0.2) is 0 Å². The van der Waals surface area contributed by atoms with E-state index in [-0.39, 0.29) is 37.7 Å². The van der Waals surface area contributed by atoms with Crippen molar-refractivity contribution >= 4 is 39.7 Å². The number of carbonyl (C=O) groups excluding carboxylic acids is 3. The molecular formula is C18H16BrFN4O3. The Morgan fingerprint density at radius 1 is 1.30 bits per heavy atom. The number of rotatable bonds is 6. The molecule has 0 bridgehead atoms. The summed E-state index contributed by atoms with van der Waals surface area (Å²) in [6.07, 6.45) is 6.39. The second kappa shape index (κ2) is 8.26. The Labute approximate surface area is 163 Å². The number of aromatic nitrogens is 2. The van der Waals surface area contributed by atoms with Crippen molar-refractivity contribution in [2.45, 2.75) is 12.8 Å². The Morgan fingerprint density at radius 2 is 2.04 bits per heavy atom. The summed E-state index contributed by atoms with van der Waals surface area (Å²) in [5, 5.41) is 6.61. The molecule has 1 N–H and O–H groups in total. The number of likely N-dealkylation sites (tertiary alicyclic amines) is 1. The summed E-state index contributed by atoms with van der Waals surface area (Å²) in [5.41, 5.74) is 0.810. The van der Waals surface area contributed by atoms with E-state index >= 15 is 0 Å². The average molecular weight is 435 g/mol. The molecule has 1 saturated heterocycles. The highest BCUT2D eigenvalue weighted by Gasteiger charge is 2.28. The zero-order chi connectivity index (χ0) is 19.4. The smallest absolute Gasteiger partial charge is 0.244 e. The van der Waals surface area contributed by atoms with Crippen LogP contribution in [-0.4, -0.2) is 45.5 Å². The predicted molar refractivity (Wildman–Crippen MR) is 99.2 cm³/mol. The quantitative estimate of drug-likeness (QED) is 0.556. The highest BCUT2D eigenvalue weighted by atomic mass is 79.9. The SMILES string of the molecule is O=C(/C=C/c1ccc(-n2cc(Br)cn2)c(F)c1)NCCN1C(=O)CCC1=O. The number of imide groups is 1. The zero-order valence-electron chi connectivity index (χ0n) is 14.2. The van der Waals surface area contributed by atoms with Crippen molar-refractivity contribution in [1.82, 2.24) is 20.0 Å². The van der Waals surface area contributed by atoms with Gasteiger partial charge in [-0.1, -0.05) is 6.07 Å². The molecule has 7 nitrogen and oxygen atoms in total. The number of hydrogen-bond acceptors (Lipinski definition) is 4.